The van der Waals surface area contributed by atoms with Gasteiger partial charge >= 0.3 is 12.0 Å². The van der Waals surface area contributed by atoms with Gasteiger partial charge in [-0.2, -0.15) is 0 Å². The van der Waals surface area contributed by atoms with Crippen LogP contribution in [0.3, 0.4) is 0 Å². The summed E-state index contributed by atoms with van der Waals surface area (Å²) in [6.07, 6.45) is 7.99. The number of hydrogen-bond donors (Lipinski definition) is 2. The number of nitrogens with zero attached hydrogens (tertiary/aromatic N) is 3. The van der Waals surface area contributed by atoms with Gasteiger partial charge in [-0.1, -0.05) is 32.4 Å². The minimum atomic E-state index is -1.12. The highest BCUT2D eigenvalue weighted by Gasteiger charge is 2.62. The first-order chi connectivity index (χ1) is 22.7. The Kier molecular flexibility index (Phi) is 9.67. The van der Waals surface area contributed by atoms with Crippen LogP contribution in [0.2, 0.25) is 0 Å². The number of amides is 3. The zero-order valence-corrected chi connectivity index (χ0v) is 28.2. The predicted octanol–water partition coefficient (Wildman–Crippen LogP) is 5.59. The van der Waals surface area contributed by atoms with Crippen molar-refractivity contribution in [2.45, 2.75) is 82.9 Å². The fourth-order valence-electron chi connectivity index (χ4n) is 6.35. The quantitative estimate of drug-likeness (QED) is 0.248. The Morgan fingerprint density at radius 2 is 2.02 bits per heavy atom. The number of carbonyl (C=O) groups is 3. The predicted molar refractivity (Wildman–Crippen MR) is 180 cm³/mol. The Balaban J connectivity index is 1.30. The first-order valence-electron chi connectivity index (χ1n) is 16.5. The van der Waals surface area contributed by atoms with E-state index in [1.54, 1.807) is 14.0 Å². The molecule has 1 saturated heterocycles. The van der Waals surface area contributed by atoms with E-state index in [0.29, 0.717) is 35.7 Å². The average Bonchev–Trinajstić information content (AvgIpc) is 3.37. The summed E-state index contributed by atoms with van der Waals surface area (Å²) in [7, 11) is 1.61. The van der Waals surface area contributed by atoms with Gasteiger partial charge in [0.05, 0.1) is 31.5 Å². The monoisotopic (exact) mass is 661 g/mol. The van der Waals surface area contributed by atoms with E-state index in [-0.39, 0.29) is 43.3 Å². The minimum Gasteiger partial charge on any atom is -0.497 e. The molecule has 47 heavy (non-hydrogen) atoms. The number of thiazole rings is 1. The fourth-order valence-corrected chi connectivity index (χ4v) is 7.29. The number of benzene rings is 1. The van der Waals surface area contributed by atoms with Crippen molar-refractivity contribution in [2.75, 3.05) is 26.8 Å². The van der Waals surface area contributed by atoms with Crippen molar-refractivity contribution in [3.8, 4) is 22.2 Å². The molecule has 11 nitrogen and oxygen atoms in total. The van der Waals surface area contributed by atoms with Gasteiger partial charge in [-0.15, -0.1) is 11.3 Å². The lowest BCUT2D eigenvalue weighted by molar-refractivity contribution is -0.149. The van der Waals surface area contributed by atoms with E-state index in [4.69, 9.17) is 24.2 Å². The Labute approximate surface area is 279 Å². The van der Waals surface area contributed by atoms with Crippen LogP contribution in [0, 0.1) is 5.92 Å². The molecule has 250 valence electrons. The zero-order valence-electron chi connectivity index (χ0n) is 27.4. The second-order valence-electron chi connectivity index (χ2n) is 12.8. The van der Waals surface area contributed by atoms with E-state index in [1.807, 2.05) is 35.7 Å². The molecule has 3 aromatic rings. The van der Waals surface area contributed by atoms with Gasteiger partial charge < -0.3 is 29.7 Å². The number of rotatable bonds is 7. The van der Waals surface area contributed by atoms with Crippen molar-refractivity contribution in [1.82, 2.24) is 25.5 Å². The van der Waals surface area contributed by atoms with Crippen LogP contribution in [-0.2, 0) is 14.3 Å². The normalized spacial score (nSPS) is 24.9. The summed E-state index contributed by atoms with van der Waals surface area (Å²) in [5, 5.41) is 9.61. The number of allylic oxidation sites excluding steroid dienone is 1. The van der Waals surface area contributed by atoms with Crippen LogP contribution in [0.4, 0.5) is 4.79 Å². The molecule has 3 amide bonds. The van der Waals surface area contributed by atoms with E-state index in [9.17, 15) is 14.4 Å². The number of urea groups is 1. The van der Waals surface area contributed by atoms with Crippen LogP contribution < -0.4 is 20.1 Å². The standard InChI is InChI=1S/C35H43N5O6S/c1-5-45-33(42)35-18-22(35)11-9-7-6-8-10-14-36-34(43)40-19-24(16-29(40)31(41)39-35)46-30-17-27(32-38-28(20-47-32)21(2)3)37-26-15-23(44-4)12-13-25(26)30/h9,11-13,15,17,20-22,24,29H,5-8,10,14,16,18-19H2,1-4H3,(H,36,43)(H,39,41)/t22-,24-,29+,35-/m1/s1. The Bertz CT molecular complexity index is 1670. The number of esters is 1. The van der Waals surface area contributed by atoms with Crippen molar-refractivity contribution in [3.05, 3.63) is 47.5 Å². The van der Waals surface area contributed by atoms with Crippen LogP contribution in [0.5, 0.6) is 11.5 Å². The Morgan fingerprint density at radius 1 is 1.17 bits per heavy atom. The van der Waals surface area contributed by atoms with Crippen LogP contribution in [0.1, 0.15) is 70.9 Å². The van der Waals surface area contributed by atoms with Crippen LogP contribution in [-0.4, -0.2) is 77.3 Å². The first kappa shape index (κ1) is 32.7. The summed E-state index contributed by atoms with van der Waals surface area (Å²) in [6.45, 7) is 6.89. The third-order valence-corrected chi connectivity index (χ3v) is 10.0. The van der Waals surface area contributed by atoms with Gasteiger partial charge in [0.1, 0.15) is 39.9 Å². The fraction of sp³-hybridized carbons (Fsp3) is 0.514. The maximum Gasteiger partial charge on any atom is 0.332 e. The summed E-state index contributed by atoms with van der Waals surface area (Å²) in [5.74, 6) is 0.550. The molecule has 0 spiro atoms. The molecule has 4 heterocycles. The molecule has 2 aliphatic heterocycles. The van der Waals surface area contributed by atoms with Gasteiger partial charge in [0, 0.05) is 41.8 Å². The molecule has 0 unspecified atom stereocenters. The second-order valence-corrected chi connectivity index (χ2v) is 13.6. The van der Waals surface area contributed by atoms with E-state index in [2.05, 4.69) is 30.6 Å². The van der Waals surface area contributed by atoms with Crippen LogP contribution in [0.15, 0.2) is 41.8 Å². The summed E-state index contributed by atoms with van der Waals surface area (Å²) in [4.78, 5) is 51.8. The molecule has 0 bridgehead atoms. The third kappa shape index (κ3) is 6.93. The molecule has 3 aliphatic rings. The topological polar surface area (TPSA) is 132 Å². The molecule has 2 aromatic heterocycles. The molecule has 2 N–H and O–H groups in total. The van der Waals surface area contributed by atoms with Crippen molar-refractivity contribution in [1.29, 1.82) is 0 Å². The third-order valence-electron chi connectivity index (χ3n) is 9.12. The van der Waals surface area contributed by atoms with Crippen LogP contribution in [0.25, 0.3) is 21.6 Å². The molecule has 2 fully saturated rings. The van der Waals surface area contributed by atoms with Crippen molar-refractivity contribution < 1.29 is 28.6 Å². The molecule has 1 aromatic carbocycles. The van der Waals surface area contributed by atoms with Gasteiger partial charge in [-0.25, -0.2) is 19.6 Å². The molecular weight excluding hydrogens is 618 g/mol. The highest BCUT2D eigenvalue weighted by molar-refractivity contribution is 7.13. The van der Waals surface area contributed by atoms with E-state index >= 15 is 0 Å². The number of carbonyl (C=O) groups excluding carboxylic acids is 3. The number of hydrogen-bond acceptors (Lipinski definition) is 9. The number of nitrogens with one attached hydrogen (secondary N) is 2. The summed E-state index contributed by atoms with van der Waals surface area (Å²) in [5.41, 5.74) is 1.23. The largest absolute Gasteiger partial charge is 0.497 e. The molecule has 1 aliphatic carbocycles. The van der Waals surface area contributed by atoms with Gasteiger partial charge in [0.25, 0.3) is 0 Å². The smallest absolute Gasteiger partial charge is 0.332 e. The van der Waals surface area contributed by atoms with E-state index < -0.39 is 23.7 Å². The molecule has 1 saturated carbocycles. The van der Waals surface area contributed by atoms with Gasteiger partial charge in [0.15, 0.2) is 0 Å². The van der Waals surface area contributed by atoms with Gasteiger partial charge in [-0.05, 0) is 50.7 Å². The number of aromatic nitrogens is 2. The molecule has 6 rings (SSSR count). The SMILES string of the molecule is CCOC(=O)[C@@]12C[C@H]1C=CCCCCCNC(=O)N1C[C@H](Oc3cc(-c4nc(C(C)C)cs4)nc4cc(OC)ccc34)C[C@H]1C(=O)N2. The molecule has 12 heteroatoms. The Morgan fingerprint density at radius 3 is 2.79 bits per heavy atom. The van der Waals surface area contributed by atoms with Gasteiger partial charge in [-0.3, -0.25) is 4.79 Å². The van der Waals surface area contributed by atoms with Crippen molar-refractivity contribution in [2.24, 2.45) is 5.92 Å². The average molecular weight is 662 g/mol. The lowest BCUT2D eigenvalue weighted by Gasteiger charge is -2.26. The van der Waals surface area contributed by atoms with E-state index in [0.717, 1.165) is 41.8 Å². The number of methoxy groups -OCH3 is 1. The summed E-state index contributed by atoms with van der Waals surface area (Å²) in [6, 6.07) is 6.34. The zero-order chi connectivity index (χ0) is 33.1. The molecule has 4 atom stereocenters. The van der Waals surface area contributed by atoms with Crippen LogP contribution >= 0.6 is 11.3 Å². The maximum absolute atomic E-state index is 14.0. The first-order valence-corrected chi connectivity index (χ1v) is 17.4. The lowest BCUT2D eigenvalue weighted by Crippen LogP contribution is -2.54. The highest BCUT2D eigenvalue weighted by atomic mass is 32.1. The van der Waals surface area contributed by atoms with E-state index in [1.165, 1.54) is 16.2 Å². The number of fused-ring (bicyclic) bond motifs is 3. The maximum atomic E-state index is 14.0. The Hall–Kier alpha value is -4.19. The van der Waals surface area contributed by atoms with Crippen molar-refractivity contribution >= 4 is 40.1 Å². The minimum absolute atomic E-state index is 0.146. The highest BCUT2D eigenvalue weighted by Crippen LogP contribution is 2.46. The molecule has 0 radical (unpaired) electrons. The second kappa shape index (κ2) is 13.9. The number of ether oxygens (including phenoxy) is 3. The van der Waals surface area contributed by atoms with Crippen molar-refractivity contribution in [3.63, 3.8) is 0 Å². The van der Waals surface area contributed by atoms with Gasteiger partial charge in [0.2, 0.25) is 5.91 Å². The number of pyridine rings is 1. The summed E-state index contributed by atoms with van der Waals surface area (Å²) < 4.78 is 17.5. The summed E-state index contributed by atoms with van der Waals surface area (Å²) >= 11 is 1.53. The molecular formula is C35H43N5O6S. The lowest BCUT2D eigenvalue weighted by atomic mass is 10.1.